The average molecular weight is 799 g/mol. The van der Waals surface area contributed by atoms with Crippen LogP contribution in [0, 0.1) is 11.2 Å². The number of amidine groups is 1. The van der Waals surface area contributed by atoms with Crippen molar-refractivity contribution in [3.8, 4) is 23.5 Å². The second-order valence-corrected chi connectivity index (χ2v) is 13.5. The van der Waals surface area contributed by atoms with E-state index in [1.54, 1.807) is 67.6 Å². The largest absolute Gasteiger partial charge is 0.497 e. The molecule has 4 N–H and O–H groups in total. The van der Waals surface area contributed by atoms with Gasteiger partial charge in [-0.25, -0.2) is 18.7 Å². The lowest BCUT2D eigenvalue weighted by molar-refractivity contribution is -0.154. The normalized spacial score (nSPS) is 16.1. The third-order valence-electron chi connectivity index (χ3n) is 9.26. The van der Waals surface area contributed by atoms with Crippen molar-refractivity contribution in [2.24, 2.45) is 0 Å². The van der Waals surface area contributed by atoms with Crippen LogP contribution in [-0.2, 0) is 9.53 Å². The highest BCUT2D eigenvalue weighted by Crippen LogP contribution is 2.36. The van der Waals surface area contributed by atoms with Gasteiger partial charge in [-0.3, -0.25) is 15.0 Å². The zero-order valence-electron chi connectivity index (χ0n) is 31.9. The van der Waals surface area contributed by atoms with Crippen molar-refractivity contribution in [1.82, 2.24) is 30.0 Å². The van der Waals surface area contributed by atoms with E-state index >= 15 is 4.39 Å². The van der Waals surface area contributed by atoms with Crippen LogP contribution in [0.25, 0.3) is 5.95 Å². The maximum absolute atomic E-state index is 16.4. The molecule has 0 bridgehead atoms. The highest BCUT2D eigenvalue weighted by molar-refractivity contribution is 6.11. The molecule has 0 spiro atoms. The van der Waals surface area contributed by atoms with Crippen molar-refractivity contribution in [1.29, 1.82) is 5.41 Å². The zero-order chi connectivity index (χ0) is 41.0. The van der Waals surface area contributed by atoms with Crippen LogP contribution in [0.15, 0.2) is 85.2 Å². The predicted octanol–water partition coefficient (Wildman–Crippen LogP) is 5.90. The first kappa shape index (κ1) is 41.2. The highest BCUT2D eigenvalue weighted by atomic mass is 19.1. The number of nitrogens with one attached hydrogen (secondary N) is 3. The fraction of sp³-hybridized carbons (Fsp3) is 0.341. The summed E-state index contributed by atoms with van der Waals surface area (Å²) in [6, 6.07) is 18.2. The van der Waals surface area contributed by atoms with Crippen molar-refractivity contribution in [2.75, 3.05) is 25.6 Å². The summed E-state index contributed by atoms with van der Waals surface area (Å²) in [7, 11) is 1.41. The Morgan fingerprint density at radius 3 is 2.47 bits per heavy atom. The molecule has 1 aliphatic carbocycles. The second-order valence-electron chi connectivity index (χ2n) is 13.5. The van der Waals surface area contributed by atoms with Gasteiger partial charge in [0.2, 0.25) is 0 Å². The number of alkyl halides is 1. The molecule has 1 fully saturated rings. The zero-order valence-corrected chi connectivity index (χ0v) is 31.9. The molecular weight excluding hydrogens is 754 g/mol. The number of hydrogen-bond acceptors (Lipinski definition) is 13. The van der Waals surface area contributed by atoms with E-state index in [0.29, 0.717) is 29.7 Å². The Morgan fingerprint density at radius 2 is 1.76 bits per heavy atom. The number of carbonyl (C=O) groups is 2. The predicted molar refractivity (Wildman–Crippen MR) is 208 cm³/mol. The number of rotatable bonds is 17. The van der Waals surface area contributed by atoms with Gasteiger partial charge in [-0.15, -0.1) is 9.78 Å². The van der Waals surface area contributed by atoms with Gasteiger partial charge in [0.25, 0.3) is 11.9 Å². The summed E-state index contributed by atoms with van der Waals surface area (Å²) < 4.78 is 54.6. The molecule has 2 heterocycles. The molecular formula is C41H44F2N8O7. The molecule has 1 saturated carbocycles. The molecule has 304 valence electrons. The van der Waals surface area contributed by atoms with Crippen molar-refractivity contribution in [3.63, 3.8) is 0 Å². The van der Waals surface area contributed by atoms with Crippen LogP contribution in [0.4, 0.5) is 14.5 Å². The van der Waals surface area contributed by atoms with Crippen LogP contribution >= 0.6 is 0 Å². The number of halogens is 2. The number of amides is 1. The Hall–Kier alpha value is -6.49. The summed E-state index contributed by atoms with van der Waals surface area (Å²) in [5, 5.41) is 28.4. The van der Waals surface area contributed by atoms with Crippen molar-refractivity contribution in [2.45, 2.75) is 69.9 Å². The van der Waals surface area contributed by atoms with E-state index in [9.17, 15) is 19.1 Å². The summed E-state index contributed by atoms with van der Waals surface area (Å²) in [5.74, 6) is -1.74. The fourth-order valence-corrected chi connectivity index (χ4v) is 6.22. The number of esters is 1. The Kier molecular flexibility index (Phi) is 13.9. The van der Waals surface area contributed by atoms with E-state index in [-0.39, 0.29) is 66.7 Å². The Balaban J connectivity index is 1.30. The molecule has 1 unspecified atom stereocenters. The van der Waals surface area contributed by atoms with Crippen molar-refractivity contribution >= 4 is 23.4 Å². The Labute approximate surface area is 333 Å². The first-order chi connectivity index (χ1) is 28.1. The van der Waals surface area contributed by atoms with Crippen molar-refractivity contribution < 1.29 is 42.4 Å². The second kappa shape index (κ2) is 19.6. The summed E-state index contributed by atoms with van der Waals surface area (Å²) in [6.07, 6.45) is 3.03. The van der Waals surface area contributed by atoms with Crippen LogP contribution < -0.4 is 24.8 Å². The number of benzene rings is 3. The van der Waals surface area contributed by atoms with Gasteiger partial charge >= 0.3 is 12.0 Å². The first-order valence-corrected chi connectivity index (χ1v) is 18.8. The van der Waals surface area contributed by atoms with Gasteiger partial charge in [0.1, 0.15) is 36.5 Å². The van der Waals surface area contributed by atoms with E-state index in [1.165, 1.54) is 36.3 Å². The minimum absolute atomic E-state index is 0.00147. The van der Waals surface area contributed by atoms with E-state index in [1.807, 2.05) is 0 Å². The molecule has 15 nitrogen and oxygen atoms in total. The van der Waals surface area contributed by atoms with Crippen LogP contribution in [0.3, 0.4) is 0 Å². The van der Waals surface area contributed by atoms with Crippen LogP contribution in [0.1, 0.15) is 78.8 Å². The van der Waals surface area contributed by atoms with Crippen LogP contribution in [0.2, 0.25) is 0 Å². The summed E-state index contributed by atoms with van der Waals surface area (Å²) in [6.45, 7) is 1.17. The number of methoxy groups -OCH3 is 1. The topological polar surface area (TPSA) is 196 Å². The van der Waals surface area contributed by atoms with Crippen molar-refractivity contribution in [3.05, 3.63) is 114 Å². The number of aliphatic hydroxyl groups excluding tert-OH is 1. The van der Waals surface area contributed by atoms with E-state index < -0.39 is 42.1 Å². The van der Waals surface area contributed by atoms with Gasteiger partial charge in [-0.1, -0.05) is 24.6 Å². The van der Waals surface area contributed by atoms with Gasteiger partial charge in [0.05, 0.1) is 19.8 Å². The molecule has 6 rings (SSSR count). The molecule has 58 heavy (non-hydrogen) atoms. The molecule has 1 amide bonds. The molecule has 3 aromatic carbocycles. The number of aromatic nitrogens is 5. The Morgan fingerprint density at radius 1 is 1.02 bits per heavy atom. The summed E-state index contributed by atoms with van der Waals surface area (Å²) in [4.78, 5) is 38.6. The Bertz CT molecular complexity index is 2160. The van der Waals surface area contributed by atoms with Gasteiger partial charge in [0.15, 0.2) is 17.4 Å². The molecule has 0 saturated heterocycles. The molecule has 0 radical (unpaired) electrons. The SMILES string of the molecule is COc1cc(OCCO)c(F)c([C@@H](Nc2ccc(C(=N)NC(=O)c3ccccc3)cc2)c2nc(OC(C)CCC(=O)O[C@H]3CCCC[C@@H]3F)n(-c3ncccn3)n2)c1. The van der Waals surface area contributed by atoms with E-state index in [4.69, 9.17) is 24.4 Å². The molecule has 5 aromatic rings. The molecule has 2 aromatic heterocycles. The number of hydrogen-bond donors (Lipinski definition) is 4. The highest BCUT2D eigenvalue weighted by Gasteiger charge is 2.31. The molecule has 17 heteroatoms. The van der Waals surface area contributed by atoms with Gasteiger partial charge in [0, 0.05) is 47.3 Å². The summed E-state index contributed by atoms with van der Waals surface area (Å²) in [5.41, 5.74) is 1.25. The number of nitrogens with zero attached hydrogens (tertiary/aromatic N) is 5. The quantitative estimate of drug-likeness (QED) is 0.0495. The fourth-order valence-electron chi connectivity index (χ4n) is 6.22. The molecule has 4 atom stereocenters. The van der Waals surface area contributed by atoms with E-state index in [0.717, 1.165) is 12.8 Å². The van der Waals surface area contributed by atoms with Crippen LogP contribution in [0.5, 0.6) is 17.5 Å². The van der Waals surface area contributed by atoms with Crippen LogP contribution in [-0.4, -0.2) is 86.3 Å². The third kappa shape index (κ3) is 10.5. The monoisotopic (exact) mass is 798 g/mol. The maximum Gasteiger partial charge on any atom is 0.323 e. The number of carbonyl (C=O) groups excluding carboxylic acids is 2. The number of aliphatic hydroxyl groups is 1. The third-order valence-corrected chi connectivity index (χ3v) is 9.26. The van der Waals surface area contributed by atoms with Gasteiger partial charge in [-0.05, 0) is 81.1 Å². The van der Waals surface area contributed by atoms with E-state index in [2.05, 4.69) is 30.7 Å². The van der Waals surface area contributed by atoms with Gasteiger partial charge < -0.3 is 34.7 Å². The van der Waals surface area contributed by atoms with Gasteiger partial charge in [-0.2, -0.15) is 4.98 Å². The molecule has 0 aliphatic heterocycles. The standard InChI is InChI=1S/C41H44F2N8O7/c1-25(13-18-34(53)58-32-12-7-6-11-31(32)42)57-41-49-38(50-51(41)40-45-19-8-20-46-40)36(30-23-29(55-2)24-33(35(30)43)56-22-21-52)47-28-16-14-26(15-17-28)37(44)48-39(54)27-9-4-3-5-10-27/h3-5,8-10,14-17,19-20,23-25,31-32,36,47,52H,6-7,11-13,18,21-22H2,1-2H3,(H2,44,48,54)/t25?,31-,32-,36+/m0/s1. The minimum atomic E-state index is -1.18. The summed E-state index contributed by atoms with van der Waals surface area (Å²) >= 11 is 0. The average Bonchev–Trinajstić information content (AvgIpc) is 3.66. The maximum atomic E-state index is 16.4. The number of anilines is 1. The minimum Gasteiger partial charge on any atom is -0.497 e. The smallest absolute Gasteiger partial charge is 0.323 e. The lowest BCUT2D eigenvalue weighted by Gasteiger charge is -2.25. The molecule has 1 aliphatic rings. The number of ether oxygens (including phenoxy) is 4. The lowest BCUT2D eigenvalue weighted by atomic mass is 9.96. The first-order valence-electron chi connectivity index (χ1n) is 18.8. The lowest BCUT2D eigenvalue weighted by Crippen LogP contribution is -2.31.